The Hall–Kier alpha value is -1.82. The first-order valence-electron chi connectivity index (χ1n) is 17.2. The average Bonchev–Trinajstić information content (AvgIpc) is 3.43. The predicted octanol–water partition coefficient (Wildman–Crippen LogP) is 6.74. The number of nitrogen functional groups attached to an aromatic ring is 1. The van der Waals surface area contributed by atoms with Crippen LogP contribution in [-0.4, -0.2) is 96.9 Å². The van der Waals surface area contributed by atoms with Gasteiger partial charge in [0.15, 0.2) is 0 Å². The maximum absolute atomic E-state index is 12.3. The number of ether oxygens (including phenoxy) is 2. The number of anilines is 2. The normalized spacial score (nSPS) is 19.6. The van der Waals surface area contributed by atoms with Crippen LogP contribution in [0.1, 0.15) is 86.6 Å². The molecule has 0 radical (unpaired) electrons. The molecule has 2 unspecified atom stereocenters. The number of carbonyl (C=O) groups is 1. The molecule has 0 saturated carbocycles. The van der Waals surface area contributed by atoms with E-state index in [0.717, 1.165) is 63.5 Å². The zero-order valence-corrected chi connectivity index (χ0v) is 32.3. The first kappa shape index (κ1) is 38.6. The quantitative estimate of drug-likeness (QED) is 0.0833. The van der Waals surface area contributed by atoms with Gasteiger partial charge in [-0.25, -0.2) is 0 Å². The summed E-state index contributed by atoms with van der Waals surface area (Å²) < 4.78 is 11.7. The van der Waals surface area contributed by atoms with Crippen LogP contribution in [0.25, 0.3) is 5.57 Å². The summed E-state index contributed by atoms with van der Waals surface area (Å²) in [4.78, 5) is 19.6. The molecule has 0 amide bonds. The lowest BCUT2D eigenvalue weighted by Crippen LogP contribution is -2.50. The van der Waals surface area contributed by atoms with Crippen molar-refractivity contribution in [1.82, 2.24) is 15.1 Å². The molecule has 1 aromatic rings. The Morgan fingerprint density at radius 3 is 2.39 bits per heavy atom. The fraction of sp³-hybridized carbons (Fsp3) is 0.703. The molecule has 3 N–H and O–H groups in total. The van der Waals surface area contributed by atoms with Crippen molar-refractivity contribution in [2.45, 2.75) is 96.1 Å². The van der Waals surface area contributed by atoms with Crippen LogP contribution >= 0.6 is 22.6 Å². The SMILES string of the molecule is CCCCN(C)/C=C(\C1=CC(CC)NC1)c1ccc(N2CCN(CC(C)(I)COCC(C)(C)CC(=O)OC(C)(C)C)CC2)cc1N. The van der Waals surface area contributed by atoms with Gasteiger partial charge in [-0.15, -0.1) is 0 Å². The number of nitrogens with one attached hydrogen (secondary N) is 1. The van der Waals surface area contributed by atoms with E-state index in [4.69, 9.17) is 15.2 Å². The Kier molecular flexibility index (Phi) is 14.3. The third-order valence-corrected chi connectivity index (χ3v) is 9.16. The van der Waals surface area contributed by atoms with E-state index in [9.17, 15) is 4.79 Å². The minimum atomic E-state index is -0.468. The highest BCUT2D eigenvalue weighted by Crippen LogP contribution is 2.34. The fourth-order valence-electron chi connectivity index (χ4n) is 6.09. The zero-order chi connectivity index (χ0) is 34.1. The lowest BCUT2D eigenvalue weighted by Gasteiger charge is -2.39. The number of halogens is 1. The van der Waals surface area contributed by atoms with Crippen LogP contribution in [0.5, 0.6) is 0 Å². The predicted molar refractivity (Wildman–Crippen MR) is 203 cm³/mol. The van der Waals surface area contributed by atoms with Gasteiger partial charge in [0.2, 0.25) is 0 Å². The van der Waals surface area contributed by atoms with Gasteiger partial charge in [0.05, 0.1) is 23.1 Å². The van der Waals surface area contributed by atoms with Gasteiger partial charge in [-0.05, 0) is 63.7 Å². The summed E-state index contributed by atoms with van der Waals surface area (Å²) >= 11 is 2.53. The lowest BCUT2D eigenvalue weighted by molar-refractivity contribution is -0.158. The lowest BCUT2D eigenvalue weighted by atomic mass is 9.90. The van der Waals surface area contributed by atoms with Gasteiger partial charge in [0.25, 0.3) is 0 Å². The third-order valence-electron chi connectivity index (χ3n) is 8.51. The summed E-state index contributed by atoms with van der Waals surface area (Å²) in [5.74, 6) is -0.173. The van der Waals surface area contributed by atoms with E-state index in [-0.39, 0.29) is 14.8 Å². The number of hydrogen-bond acceptors (Lipinski definition) is 8. The molecule has 3 rings (SSSR count). The molecule has 1 saturated heterocycles. The van der Waals surface area contributed by atoms with Crippen molar-refractivity contribution in [3.63, 3.8) is 0 Å². The van der Waals surface area contributed by atoms with Crippen LogP contribution in [0.2, 0.25) is 0 Å². The van der Waals surface area contributed by atoms with E-state index in [0.29, 0.717) is 25.7 Å². The maximum Gasteiger partial charge on any atom is 0.306 e. The van der Waals surface area contributed by atoms with Crippen molar-refractivity contribution in [1.29, 1.82) is 0 Å². The molecule has 0 aromatic heterocycles. The highest BCUT2D eigenvalue weighted by Gasteiger charge is 2.30. The van der Waals surface area contributed by atoms with Crippen molar-refractivity contribution >= 4 is 45.5 Å². The molecule has 1 aromatic carbocycles. The number of piperazine rings is 1. The number of hydrogen-bond donors (Lipinski definition) is 2. The number of carbonyl (C=O) groups excluding carboxylic acids is 1. The molecular formula is C37H62IN5O3. The zero-order valence-electron chi connectivity index (χ0n) is 30.2. The molecule has 1 fully saturated rings. The molecule has 0 aliphatic carbocycles. The van der Waals surface area contributed by atoms with Crippen LogP contribution in [0.15, 0.2) is 36.0 Å². The summed E-state index contributed by atoms with van der Waals surface area (Å²) in [6, 6.07) is 7.06. The summed E-state index contributed by atoms with van der Waals surface area (Å²) in [6.07, 6.45) is 8.45. The van der Waals surface area contributed by atoms with Gasteiger partial charge in [-0.2, -0.15) is 0 Å². The van der Waals surface area contributed by atoms with E-state index in [1.165, 1.54) is 29.7 Å². The van der Waals surface area contributed by atoms with Crippen LogP contribution in [-0.2, 0) is 14.3 Å². The van der Waals surface area contributed by atoms with Gasteiger partial charge >= 0.3 is 5.97 Å². The molecule has 0 bridgehead atoms. The van der Waals surface area contributed by atoms with E-state index in [1.54, 1.807) is 0 Å². The smallest absolute Gasteiger partial charge is 0.306 e. The third kappa shape index (κ3) is 12.7. The maximum atomic E-state index is 12.3. The number of rotatable bonds is 16. The summed E-state index contributed by atoms with van der Waals surface area (Å²) in [7, 11) is 2.17. The van der Waals surface area contributed by atoms with E-state index in [2.05, 4.69) is 115 Å². The Labute approximate surface area is 293 Å². The number of alkyl halides is 1. The van der Waals surface area contributed by atoms with Gasteiger partial charge in [-0.3, -0.25) is 9.69 Å². The molecule has 2 atom stereocenters. The van der Waals surface area contributed by atoms with Crippen molar-refractivity contribution in [3.05, 3.63) is 41.6 Å². The summed E-state index contributed by atoms with van der Waals surface area (Å²) in [6.45, 7) is 24.5. The van der Waals surface area contributed by atoms with Crippen LogP contribution < -0.4 is 16.0 Å². The number of esters is 1. The molecule has 9 heteroatoms. The second-order valence-corrected chi connectivity index (χ2v) is 17.9. The summed E-state index contributed by atoms with van der Waals surface area (Å²) in [5, 5.41) is 3.63. The standard InChI is InChI=1S/C37H62IN5O3/c1-10-12-15-41(9)24-32(28-20-29(11-2)40-23-28)31-14-13-30(21-33(31)39)43-18-16-42(17-19-43)25-37(8,38)27-45-26-36(6,7)22-34(44)46-35(3,4)5/h13-14,20-21,24,29,40H,10-12,15-19,22-23,25-27,39H2,1-9H3/b32-24+. The average molecular weight is 752 g/mol. The van der Waals surface area contributed by atoms with E-state index in [1.807, 2.05) is 20.8 Å². The highest BCUT2D eigenvalue weighted by molar-refractivity contribution is 14.1. The van der Waals surface area contributed by atoms with Gasteiger partial charge in [-0.1, -0.05) is 68.8 Å². The second kappa shape index (κ2) is 17.0. The van der Waals surface area contributed by atoms with Gasteiger partial charge in [0, 0.05) is 87.6 Å². The number of benzene rings is 1. The number of nitrogens with zero attached hydrogens (tertiary/aromatic N) is 3. The van der Waals surface area contributed by atoms with Crippen LogP contribution in [0, 0.1) is 5.41 Å². The first-order chi connectivity index (χ1) is 21.5. The van der Waals surface area contributed by atoms with Crippen LogP contribution in [0.4, 0.5) is 11.4 Å². The van der Waals surface area contributed by atoms with E-state index < -0.39 is 5.60 Å². The minimum absolute atomic E-state index is 0.0262. The molecule has 8 nitrogen and oxygen atoms in total. The van der Waals surface area contributed by atoms with Gasteiger partial charge < -0.3 is 30.3 Å². The molecule has 46 heavy (non-hydrogen) atoms. The Bertz CT molecular complexity index is 1200. The molecule has 0 spiro atoms. The first-order valence-corrected chi connectivity index (χ1v) is 18.3. The molecule has 2 aliphatic heterocycles. The number of unbranched alkanes of at least 4 members (excludes halogenated alkanes) is 1. The Morgan fingerprint density at radius 2 is 1.80 bits per heavy atom. The summed E-state index contributed by atoms with van der Waals surface area (Å²) in [5.41, 5.74) is 11.8. The molecule has 260 valence electrons. The Morgan fingerprint density at radius 1 is 1.11 bits per heavy atom. The number of nitrogens with two attached hydrogens (primary N) is 1. The second-order valence-electron chi connectivity index (χ2n) is 15.3. The molecular weight excluding hydrogens is 689 g/mol. The van der Waals surface area contributed by atoms with Gasteiger partial charge in [0.1, 0.15) is 5.60 Å². The Balaban J connectivity index is 1.56. The topological polar surface area (TPSA) is 83.3 Å². The van der Waals surface area contributed by atoms with Crippen LogP contribution in [0.3, 0.4) is 0 Å². The monoisotopic (exact) mass is 751 g/mol. The molecule has 2 heterocycles. The largest absolute Gasteiger partial charge is 0.460 e. The highest BCUT2D eigenvalue weighted by atomic mass is 127. The van der Waals surface area contributed by atoms with Crippen molar-refractivity contribution in [3.8, 4) is 0 Å². The molecule has 2 aliphatic rings. The van der Waals surface area contributed by atoms with Crippen molar-refractivity contribution in [2.75, 3.05) is 76.7 Å². The fourth-order valence-corrected chi connectivity index (χ4v) is 6.80. The van der Waals surface area contributed by atoms with E-state index >= 15 is 0 Å². The van der Waals surface area contributed by atoms with Crippen molar-refractivity contribution < 1.29 is 14.3 Å². The van der Waals surface area contributed by atoms with Crippen molar-refractivity contribution in [2.24, 2.45) is 5.41 Å². The minimum Gasteiger partial charge on any atom is -0.460 e.